The highest BCUT2D eigenvalue weighted by atomic mass is 35.5. The third-order valence-electron chi connectivity index (χ3n) is 6.49. The van der Waals surface area contributed by atoms with Crippen molar-refractivity contribution in [2.45, 2.75) is 55.3 Å². The molecule has 0 saturated heterocycles. The molecule has 1 aromatic heterocycles. The second kappa shape index (κ2) is 11.0. The maximum Gasteiger partial charge on any atom is 0.137 e. The Kier molecular flexibility index (Phi) is 8.06. The fourth-order valence-electron chi connectivity index (χ4n) is 4.47. The number of aliphatic hydroxyl groups is 1. The van der Waals surface area contributed by atoms with Gasteiger partial charge in [0, 0.05) is 27.2 Å². The van der Waals surface area contributed by atoms with Crippen molar-refractivity contribution in [3.8, 4) is 0 Å². The standard InChI is InChI=1S/C26H28ClF2N3OS/c1-18(26(33,15-32-17-30-16-31-32)24-13-10-22(28)14-25(24)29)34-23-11-6-20(7-12-23)3-2-19-4-8-21(27)9-5-19/h2-5,8-10,13-14,16-18,20,23,33H,6-7,11-12,15H2,1H3/b3-2+/t18-,20?,23?,26-/m1/s1. The average molecular weight is 504 g/mol. The molecular weight excluding hydrogens is 476 g/mol. The van der Waals surface area contributed by atoms with Crippen molar-refractivity contribution in [1.82, 2.24) is 14.8 Å². The second-order valence-electron chi connectivity index (χ2n) is 8.87. The summed E-state index contributed by atoms with van der Waals surface area (Å²) in [5.74, 6) is -0.924. The molecule has 8 heteroatoms. The van der Waals surface area contributed by atoms with Crippen molar-refractivity contribution in [3.05, 3.63) is 89.0 Å². The topological polar surface area (TPSA) is 50.9 Å². The van der Waals surface area contributed by atoms with E-state index in [1.807, 2.05) is 31.2 Å². The van der Waals surface area contributed by atoms with Gasteiger partial charge in [0.05, 0.1) is 6.54 Å². The van der Waals surface area contributed by atoms with E-state index in [-0.39, 0.29) is 17.4 Å². The van der Waals surface area contributed by atoms with Gasteiger partial charge in [-0.1, -0.05) is 48.9 Å². The molecule has 2 atom stereocenters. The van der Waals surface area contributed by atoms with Gasteiger partial charge in [0.15, 0.2) is 0 Å². The minimum Gasteiger partial charge on any atom is -0.382 e. The monoisotopic (exact) mass is 503 g/mol. The van der Waals surface area contributed by atoms with Crippen LogP contribution in [0.5, 0.6) is 0 Å². The van der Waals surface area contributed by atoms with E-state index in [9.17, 15) is 13.9 Å². The third-order valence-corrected chi connectivity index (χ3v) is 8.39. The number of hydrogen-bond acceptors (Lipinski definition) is 4. The van der Waals surface area contributed by atoms with Gasteiger partial charge in [0.2, 0.25) is 0 Å². The van der Waals surface area contributed by atoms with Crippen LogP contribution >= 0.6 is 23.4 Å². The average Bonchev–Trinajstić information content (AvgIpc) is 3.32. The summed E-state index contributed by atoms with van der Waals surface area (Å²) in [5.41, 5.74) is -0.361. The molecule has 2 aromatic carbocycles. The lowest BCUT2D eigenvalue weighted by molar-refractivity contribution is 0.0131. The molecule has 0 amide bonds. The molecule has 1 heterocycles. The van der Waals surface area contributed by atoms with Crippen LogP contribution in [-0.2, 0) is 12.1 Å². The molecule has 0 bridgehead atoms. The highest BCUT2D eigenvalue weighted by Crippen LogP contribution is 2.42. The van der Waals surface area contributed by atoms with E-state index in [1.54, 1.807) is 11.8 Å². The van der Waals surface area contributed by atoms with E-state index < -0.39 is 17.2 Å². The first kappa shape index (κ1) is 24.9. The van der Waals surface area contributed by atoms with Gasteiger partial charge in [-0.25, -0.2) is 18.4 Å². The van der Waals surface area contributed by atoms with Gasteiger partial charge in [-0.15, -0.1) is 0 Å². The zero-order valence-electron chi connectivity index (χ0n) is 18.9. The van der Waals surface area contributed by atoms with Crippen LogP contribution in [0.1, 0.15) is 43.7 Å². The number of thioether (sulfide) groups is 1. The van der Waals surface area contributed by atoms with Crippen LogP contribution in [0.2, 0.25) is 5.02 Å². The van der Waals surface area contributed by atoms with Gasteiger partial charge in [0.25, 0.3) is 0 Å². The molecule has 0 aliphatic heterocycles. The second-order valence-corrected chi connectivity index (χ2v) is 10.9. The van der Waals surface area contributed by atoms with E-state index in [0.717, 1.165) is 42.3 Å². The van der Waals surface area contributed by atoms with Crippen molar-refractivity contribution < 1.29 is 13.9 Å². The van der Waals surface area contributed by atoms with E-state index >= 15 is 0 Å². The number of aromatic nitrogens is 3. The van der Waals surface area contributed by atoms with Crippen molar-refractivity contribution in [2.24, 2.45) is 5.92 Å². The summed E-state index contributed by atoms with van der Waals surface area (Å²) >= 11 is 7.62. The Bertz CT molecular complexity index is 1100. The lowest BCUT2D eigenvalue weighted by atomic mass is 9.88. The minimum absolute atomic E-state index is 0.0306. The van der Waals surface area contributed by atoms with Crippen LogP contribution < -0.4 is 0 Å². The number of nitrogens with zero attached hydrogens (tertiary/aromatic N) is 3. The minimum atomic E-state index is -1.57. The molecule has 1 fully saturated rings. The largest absolute Gasteiger partial charge is 0.382 e. The fraction of sp³-hybridized carbons (Fsp3) is 0.385. The van der Waals surface area contributed by atoms with Crippen LogP contribution in [0, 0.1) is 17.6 Å². The molecule has 0 unspecified atom stereocenters. The molecule has 4 nitrogen and oxygen atoms in total. The van der Waals surface area contributed by atoms with Crippen molar-refractivity contribution >= 4 is 29.4 Å². The summed E-state index contributed by atoms with van der Waals surface area (Å²) in [6.45, 7) is 1.93. The Morgan fingerprint density at radius 3 is 2.56 bits per heavy atom. The molecule has 34 heavy (non-hydrogen) atoms. The predicted octanol–water partition coefficient (Wildman–Crippen LogP) is 6.49. The molecule has 3 aromatic rings. The number of hydrogen-bond donors (Lipinski definition) is 1. The molecule has 1 saturated carbocycles. The first-order valence-corrected chi connectivity index (χ1v) is 12.7. The third kappa shape index (κ3) is 6.06. The van der Waals surface area contributed by atoms with Gasteiger partial charge in [-0.3, -0.25) is 0 Å². The van der Waals surface area contributed by atoms with Crippen molar-refractivity contribution in [1.29, 1.82) is 0 Å². The first-order chi connectivity index (χ1) is 16.3. The number of benzene rings is 2. The number of rotatable bonds is 8. The molecule has 4 rings (SSSR count). The highest BCUT2D eigenvalue weighted by Gasteiger charge is 2.41. The Morgan fingerprint density at radius 1 is 1.18 bits per heavy atom. The van der Waals surface area contributed by atoms with Crippen LogP contribution in [0.25, 0.3) is 6.08 Å². The SMILES string of the molecule is C[C@@H](SC1CCC(/C=C/c2ccc(Cl)cc2)CC1)[C@](O)(Cn1cncn1)c1ccc(F)cc1F. The van der Waals surface area contributed by atoms with Crippen LogP contribution in [0.15, 0.2) is 61.2 Å². The normalized spacial score (nSPS) is 21.4. The number of allylic oxidation sites excluding steroid dienone is 1. The molecule has 1 aliphatic carbocycles. The Morgan fingerprint density at radius 2 is 1.91 bits per heavy atom. The van der Waals surface area contributed by atoms with E-state index in [0.29, 0.717) is 11.2 Å². The summed E-state index contributed by atoms with van der Waals surface area (Å²) in [6.07, 6.45) is 11.4. The molecule has 1 N–H and O–H groups in total. The summed E-state index contributed by atoms with van der Waals surface area (Å²) in [7, 11) is 0. The lowest BCUT2D eigenvalue weighted by Gasteiger charge is -2.37. The van der Waals surface area contributed by atoms with Crippen LogP contribution in [-0.4, -0.2) is 30.4 Å². The summed E-state index contributed by atoms with van der Waals surface area (Å²) < 4.78 is 29.8. The van der Waals surface area contributed by atoms with Gasteiger partial charge < -0.3 is 5.11 Å². The summed E-state index contributed by atoms with van der Waals surface area (Å²) in [4.78, 5) is 3.93. The molecule has 0 spiro atoms. The molecule has 180 valence electrons. The zero-order chi connectivity index (χ0) is 24.1. The van der Waals surface area contributed by atoms with Gasteiger partial charge in [0.1, 0.15) is 29.9 Å². The van der Waals surface area contributed by atoms with Crippen LogP contribution in [0.3, 0.4) is 0 Å². The maximum absolute atomic E-state index is 14.7. The Hall–Kier alpha value is -2.22. The summed E-state index contributed by atoms with van der Waals surface area (Å²) in [5, 5.41) is 16.5. The number of halogens is 3. The van der Waals surface area contributed by atoms with E-state index in [4.69, 9.17) is 11.6 Å². The molecule has 0 radical (unpaired) electrons. The van der Waals surface area contributed by atoms with Gasteiger partial charge >= 0.3 is 0 Å². The predicted molar refractivity (Wildman–Crippen MR) is 134 cm³/mol. The van der Waals surface area contributed by atoms with Crippen LogP contribution in [0.4, 0.5) is 8.78 Å². The smallest absolute Gasteiger partial charge is 0.137 e. The Labute approximate surface area is 208 Å². The van der Waals surface area contributed by atoms with E-state index in [2.05, 4.69) is 22.2 Å². The zero-order valence-corrected chi connectivity index (χ0v) is 20.5. The van der Waals surface area contributed by atoms with Gasteiger partial charge in [-0.2, -0.15) is 16.9 Å². The fourth-order valence-corrected chi connectivity index (χ4v) is 6.15. The van der Waals surface area contributed by atoms with E-state index in [1.165, 1.54) is 29.5 Å². The molecular formula is C26H28ClF2N3OS. The Balaban J connectivity index is 1.41. The maximum atomic E-state index is 14.7. The lowest BCUT2D eigenvalue weighted by Crippen LogP contribution is -2.42. The first-order valence-electron chi connectivity index (χ1n) is 11.4. The highest BCUT2D eigenvalue weighted by molar-refractivity contribution is 8.00. The summed E-state index contributed by atoms with van der Waals surface area (Å²) in [6, 6.07) is 11.1. The molecule has 1 aliphatic rings. The van der Waals surface area contributed by atoms with Gasteiger partial charge in [-0.05, 0) is 55.4 Å². The van der Waals surface area contributed by atoms with Crippen molar-refractivity contribution in [2.75, 3.05) is 0 Å². The van der Waals surface area contributed by atoms with Crippen molar-refractivity contribution in [3.63, 3.8) is 0 Å². The quantitative estimate of drug-likeness (QED) is 0.381.